The Labute approximate surface area is 205 Å². The number of alkyl halides is 2. The number of carbonyl (C=O) groups excluding carboxylic acids is 1. The van der Waals surface area contributed by atoms with E-state index in [9.17, 15) is 18.5 Å². The molecule has 174 valence electrons. The van der Waals surface area contributed by atoms with Crippen molar-refractivity contribution in [3.05, 3.63) is 86.0 Å². The average Bonchev–Trinajstić information content (AvgIpc) is 2.80. The molecule has 0 aromatic heterocycles. The van der Waals surface area contributed by atoms with Gasteiger partial charge in [-0.15, -0.1) is 4.91 Å². The van der Waals surface area contributed by atoms with Crippen LogP contribution < -0.4 is 10.1 Å². The van der Waals surface area contributed by atoms with Gasteiger partial charge in [0, 0.05) is 26.3 Å². The van der Waals surface area contributed by atoms with E-state index in [0.29, 0.717) is 16.1 Å². The van der Waals surface area contributed by atoms with Crippen LogP contribution in [0.1, 0.15) is 28.7 Å². The predicted molar refractivity (Wildman–Crippen MR) is 125 cm³/mol. The Morgan fingerprint density at radius 3 is 2.65 bits per heavy atom. The van der Waals surface area contributed by atoms with Crippen molar-refractivity contribution >= 4 is 39.5 Å². The zero-order chi connectivity index (χ0) is 24.8. The van der Waals surface area contributed by atoms with E-state index in [1.165, 1.54) is 18.2 Å². The molecule has 0 aliphatic heterocycles. The Bertz CT molecular complexity index is 1300. The third-order valence-corrected chi connectivity index (χ3v) is 5.79. The first-order valence-corrected chi connectivity index (χ1v) is 11.2. The number of hydrogen-bond acceptors (Lipinski definition) is 6. The minimum absolute atomic E-state index is 0.0104. The van der Waals surface area contributed by atoms with Crippen LogP contribution >= 0.6 is 27.9 Å². The molecule has 0 saturated carbocycles. The van der Waals surface area contributed by atoms with Crippen LogP contribution in [0, 0.1) is 29.0 Å². The number of nitrogens with zero attached hydrogens (tertiary/aromatic N) is 2. The maximum Gasteiger partial charge on any atom is 0.264 e. The number of hydrogen-bond donors (Lipinski definition) is 1. The number of halogens is 4. The standard InChI is InChI=1S/C23H15BrF3N3O3S/c1-12-6-17(34-30-32)3-5-19(12)29-20(31)10-14-2-4-18(24)22(21(14)25)33-16-8-13(11-28)7-15(9-16)23(26)27/h2-9,23H,10H2,1H3,(H,29,31). The van der Waals surface area contributed by atoms with Crippen LogP contribution in [-0.2, 0) is 11.2 Å². The van der Waals surface area contributed by atoms with E-state index in [2.05, 4.69) is 25.8 Å². The summed E-state index contributed by atoms with van der Waals surface area (Å²) >= 11 is 3.92. The maximum atomic E-state index is 15.2. The molecule has 0 heterocycles. The summed E-state index contributed by atoms with van der Waals surface area (Å²) in [4.78, 5) is 23.5. The van der Waals surface area contributed by atoms with Gasteiger partial charge in [0.05, 0.1) is 34.5 Å². The van der Waals surface area contributed by atoms with Crippen molar-refractivity contribution in [1.82, 2.24) is 0 Å². The molecule has 11 heteroatoms. The summed E-state index contributed by atoms with van der Waals surface area (Å²) in [5, 5.41) is 11.7. The van der Waals surface area contributed by atoms with Gasteiger partial charge < -0.3 is 10.1 Å². The molecular weight excluding hydrogens is 535 g/mol. The number of anilines is 1. The average molecular weight is 550 g/mol. The van der Waals surface area contributed by atoms with Gasteiger partial charge in [0.15, 0.2) is 11.6 Å². The number of rotatable bonds is 8. The van der Waals surface area contributed by atoms with E-state index < -0.39 is 23.7 Å². The first-order valence-electron chi connectivity index (χ1n) is 9.60. The van der Waals surface area contributed by atoms with Crippen LogP contribution in [0.3, 0.4) is 0 Å². The second-order valence-corrected chi connectivity index (χ2v) is 8.68. The summed E-state index contributed by atoms with van der Waals surface area (Å²) in [5.74, 6) is -1.81. The molecule has 1 amide bonds. The highest BCUT2D eigenvalue weighted by molar-refractivity contribution is 9.10. The summed E-state index contributed by atoms with van der Waals surface area (Å²) in [5.41, 5.74) is 0.682. The van der Waals surface area contributed by atoms with Gasteiger partial charge in [0.1, 0.15) is 5.75 Å². The third kappa shape index (κ3) is 6.15. The van der Waals surface area contributed by atoms with Crippen molar-refractivity contribution in [2.75, 3.05) is 5.32 Å². The lowest BCUT2D eigenvalue weighted by Crippen LogP contribution is -2.16. The molecule has 0 fully saturated rings. The Kier molecular flexibility index (Phi) is 8.31. The fourth-order valence-electron chi connectivity index (χ4n) is 3.04. The second kappa shape index (κ2) is 11.2. The summed E-state index contributed by atoms with van der Waals surface area (Å²) < 4.78 is 49.9. The van der Waals surface area contributed by atoms with Gasteiger partial charge in [-0.1, -0.05) is 6.07 Å². The van der Waals surface area contributed by atoms with Gasteiger partial charge in [-0.2, -0.15) is 5.26 Å². The van der Waals surface area contributed by atoms with Crippen molar-refractivity contribution in [3.8, 4) is 17.6 Å². The normalized spacial score (nSPS) is 10.6. The molecule has 34 heavy (non-hydrogen) atoms. The third-order valence-electron chi connectivity index (χ3n) is 4.62. The summed E-state index contributed by atoms with van der Waals surface area (Å²) in [6.07, 6.45) is -3.17. The Balaban J connectivity index is 1.82. The van der Waals surface area contributed by atoms with Gasteiger partial charge in [-0.3, -0.25) is 4.79 Å². The van der Waals surface area contributed by atoms with E-state index in [1.807, 2.05) is 0 Å². The van der Waals surface area contributed by atoms with Gasteiger partial charge >= 0.3 is 0 Å². The lowest BCUT2D eigenvalue weighted by Gasteiger charge is -2.14. The molecule has 3 aromatic rings. The van der Waals surface area contributed by atoms with Crippen LogP contribution in [0.25, 0.3) is 0 Å². The quantitative estimate of drug-likeness (QED) is 0.232. The number of carbonyl (C=O) groups is 1. The van der Waals surface area contributed by atoms with Gasteiger partial charge in [-0.05, 0) is 70.9 Å². The molecule has 3 aromatic carbocycles. The Morgan fingerprint density at radius 2 is 2.00 bits per heavy atom. The molecule has 1 N–H and O–H groups in total. The molecule has 3 rings (SSSR count). The number of nitriles is 1. The van der Waals surface area contributed by atoms with Crippen molar-refractivity contribution in [1.29, 1.82) is 5.26 Å². The zero-order valence-corrected chi connectivity index (χ0v) is 19.8. The molecule has 0 aliphatic rings. The summed E-state index contributed by atoms with van der Waals surface area (Å²) in [6, 6.07) is 12.8. The first kappa shape index (κ1) is 25.3. The minimum Gasteiger partial charge on any atom is -0.453 e. The molecular formula is C23H15BrF3N3O3S. The van der Waals surface area contributed by atoms with Crippen LogP contribution in [0.4, 0.5) is 18.9 Å². The van der Waals surface area contributed by atoms with Gasteiger partial charge in [0.25, 0.3) is 6.43 Å². The number of nitrogens with one attached hydrogen (secondary N) is 1. The van der Waals surface area contributed by atoms with Crippen molar-refractivity contribution in [2.24, 2.45) is 4.58 Å². The minimum atomic E-state index is -2.84. The Morgan fingerprint density at radius 1 is 1.24 bits per heavy atom. The topological polar surface area (TPSA) is 91.6 Å². The molecule has 0 aliphatic carbocycles. The van der Waals surface area contributed by atoms with E-state index >= 15 is 4.39 Å². The lowest BCUT2D eigenvalue weighted by molar-refractivity contribution is -0.115. The number of amides is 1. The van der Waals surface area contributed by atoms with E-state index in [0.717, 1.165) is 24.1 Å². The molecule has 0 atom stereocenters. The van der Waals surface area contributed by atoms with Gasteiger partial charge in [-0.25, -0.2) is 13.2 Å². The molecule has 0 spiro atoms. The van der Waals surface area contributed by atoms with Gasteiger partial charge in [0.2, 0.25) is 5.91 Å². The highest BCUT2D eigenvalue weighted by Gasteiger charge is 2.19. The molecule has 6 nitrogen and oxygen atoms in total. The Hall–Kier alpha value is -3.36. The summed E-state index contributed by atoms with van der Waals surface area (Å²) in [6.45, 7) is 1.74. The van der Waals surface area contributed by atoms with Crippen molar-refractivity contribution in [3.63, 3.8) is 0 Å². The zero-order valence-electron chi connectivity index (χ0n) is 17.4. The number of ether oxygens (including phenoxy) is 1. The molecule has 0 unspecified atom stereocenters. The molecule has 0 radical (unpaired) electrons. The maximum absolute atomic E-state index is 15.2. The van der Waals surface area contributed by atoms with Crippen LogP contribution in [0.15, 0.2) is 62.5 Å². The van der Waals surface area contributed by atoms with E-state index in [-0.39, 0.29) is 33.5 Å². The number of benzene rings is 3. The molecule has 0 saturated heterocycles. The van der Waals surface area contributed by atoms with E-state index in [1.54, 1.807) is 31.2 Å². The fraction of sp³-hybridized carbons (Fsp3) is 0.130. The number of aryl methyl sites for hydroxylation is 1. The van der Waals surface area contributed by atoms with Crippen LogP contribution in [0.5, 0.6) is 11.5 Å². The molecule has 0 bridgehead atoms. The van der Waals surface area contributed by atoms with Crippen molar-refractivity contribution < 1.29 is 22.7 Å². The highest BCUT2D eigenvalue weighted by atomic mass is 79.9. The second-order valence-electron chi connectivity index (χ2n) is 7.02. The van der Waals surface area contributed by atoms with Crippen molar-refractivity contribution in [2.45, 2.75) is 24.7 Å². The smallest absolute Gasteiger partial charge is 0.264 e. The number of nitroso groups, excluding NO2 is 1. The van der Waals surface area contributed by atoms with Crippen LogP contribution in [0.2, 0.25) is 0 Å². The SMILES string of the molecule is Cc1cc(SN=O)ccc1NC(=O)Cc1ccc(Br)c(Oc2cc(C#N)cc(C(F)F)c2)c1F. The first-order chi connectivity index (χ1) is 16.2. The fourth-order valence-corrected chi connectivity index (χ4v) is 3.87. The lowest BCUT2D eigenvalue weighted by atomic mass is 10.1. The van der Waals surface area contributed by atoms with Crippen LogP contribution in [-0.4, -0.2) is 5.91 Å². The predicted octanol–water partition coefficient (Wildman–Crippen LogP) is 7.45. The summed E-state index contributed by atoms with van der Waals surface area (Å²) in [7, 11) is 0. The van der Waals surface area contributed by atoms with E-state index in [4.69, 9.17) is 10.00 Å². The highest BCUT2D eigenvalue weighted by Crippen LogP contribution is 2.36. The monoisotopic (exact) mass is 549 g/mol. The largest absolute Gasteiger partial charge is 0.453 e.